The Bertz CT molecular complexity index is 271. The quantitative estimate of drug-likeness (QED) is 0.674. The molecule has 14 heavy (non-hydrogen) atoms. The van der Waals surface area contributed by atoms with E-state index in [-0.39, 0.29) is 0 Å². The minimum absolute atomic E-state index is 0.931. The molecule has 1 rings (SSSR count). The molecule has 2 heteroatoms. The van der Waals surface area contributed by atoms with E-state index in [1.807, 2.05) is 6.07 Å². The van der Waals surface area contributed by atoms with Gasteiger partial charge in [0, 0.05) is 6.07 Å². The first-order valence-electron chi connectivity index (χ1n) is 5.39. The maximum Gasteiger partial charge on any atom is 0.229 e. The predicted molar refractivity (Wildman–Crippen MR) is 63.4 cm³/mol. The summed E-state index contributed by atoms with van der Waals surface area (Å²) < 4.78 is 5.72. The normalized spacial score (nSPS) is 10.6. The van der Waals surface area contributed by atoms with Crippen LogP contribution in [-0.4, -0.2) is 9.04 Å². The Morgan fingerprint density at radius 1 is 1.43 bits per heavy atom. The summed E-state index contributed by atoms with van der Waals surface area (Å²) in [6.07, 6.45) is 3.65. The van der Waals surface area contributed by atoms with Gasteiger partial charge in [-0.2, -0.15) is 0 Å². The molecule has 0 aliphatic rings. The topological polar surface area (TPSA) is 9.23 Å². The molecule has 0 saturated heterocycles. The van der Waals surface area contributed by atoms with Crippen LogP contribution < -0.4 is 4.43 Å². The van der Waals surface area contributed by atoms with Gasteiger partial charge in [0.1, 0.15) is 5.75 Å². The lowest BCUT2D eigenvalue weighted by Crippen LogP contribution is -2.11. The maximum atomic E-state index is 5.72. The first-order valence-corrected chi connectivity index (χ1v) is 8.17. The fourth-order valence-electron chi connectivity index (χ4n) is 1.35. The Hall–Kier alpha value is -0.763. The molecule has 1 aromatic carbocycles. The first-order chi connectivity index (χ1) is 6.72. The van der Waals surface area contributed by atoms with Crippen molar-refractivity contribution in [3.8, 4) is 5.75 Å². The van der Waals surface area contributed by atoms with Crippen molar-refractivity contribution in [3.63, 3.8) is 0 Å². The third kappa shape index (κ3) is 3.96. The van der Waals surface area contributed by atoms with Gasteiger partial charge in [0.05, 0.1) is 0 Å². The summed E-state index contributed by atoms with van der Waals surface area (Å²) in [5, 5.41) is 0. The third-order valence-corrected chi connectivity index (χ3v) is 2.75. The minimum atomic E-state index is -0.976. The average molecular weight is 207 g/mol. The summed E-state index contributed by atoms with van der Waals surface area (Å²) in [5.41, 5.74) is 1.37. The molecule has 0 aliphatic heterocycles. The van der Waals surface area contributed by atoms with Crippen LogP contribution in [0.1, 0.15) is 25.3 Å². The number of benzene rings is 1. The molecule has 0 saturated carbocycles. The number of rotatable bonds is 5. The van der Waals surface area contributed by atoms with Gasteiger partial charge in [0.2, 0.25) is 9.04 Å². The molecule has 0 fully saturated rings. The molecule has 0 aliphatic carbocycles. The van der Waals surface area contributed by atoms with Crippen LogP contribution in [0.5, 0.6) is 5.75 Å². The number of unbranched alkanes of at least 4 members (excludes halogenated alkanes) is 1. The Morgan fingerprint density at radius 2 is 2.21 bits per heavy atom. The average Bonchev–Trinajstić information content (AvgIpc) is 2.14. The third-order valence-electron chi connectivity index (χ3n) is 2.02. The highest BCUT2D eigenvalue weighted by atomic mass is 28.3. The van der Waals surface area contributed by atoms with Crippen molar-refractivity contribution >= 4 is 9.04 Å². The Balaban J connectivity index is 2.59. The van der Waals surface area contributed by atoms with Crippen LogP contribution in [0.25, 0.3) is 0 Å². The molecule has 0 heterocycles. The second kappa shape index (κ2) is 5.86. The molecule has 0 aromatic heterocycles. The van der Waals surface area contributed by atoms with Crippen LogP contribution in [0.15, 0.2) is 18.2 Å². The second-order valence-electron chi connectivity index (χ2n) is 3.83. The van der Waals surface area contributed by atoms with E-state index in [1.54, 1.807) is 0 Å². The van der Waals surface area contributed by atoms with E-state index in [1.165, 1.54) is 18.4 Å². The predicted octanol–water partition coefficient (Wildman–Crippen LogP) is 3.19. The summed E-state index contributed by atoms with van der Waals surface area (Å²) in [4.78, 5) is 0. The van der Waals surface area contributed by atoms with Crippen molar-refractivity contribution in [3.05, 3.63) is 29.8 Å². The van der Waals surface area contributed by atoms with Gasteiger partial charge in [-0.05, 0) is 37.6 Å². The van der Waals surface area contributed by atoms with Crippen molar-refractivity contribution in [1.82, 2.24) is 0 Å². The molecule has 0 atom stereocenters. The minimum Gasteiger partial charge on any atom is -0.547 e. The summed E-state index contributed by atoms with van der Waals surface area (Å²) in [6, 6.07) is 9.36. The highest BCUT2D eigenvalue weighted by molar-refractivity contribution is 6.49. The van der Waals surface area contributed by atoms with Gasteiger partial charge in [-0.25, -0.2) is 0 Å². The van der Waals surface area contributed by atoms with E-state index >= 15 is 0 Å². The van der Waals surface area contributed by atoms with E-state index in [4.69, 9.17) is 4.43 Å². The van der Waals surface area contributed by atoms with Crippen molar-refractivity contribution in [1.29, 1.82) is 0 Å². The Kier molecular flexibility index (Phi) is 4.74. The number of hydrogen-bond donors (Lipinski definition) is 0. The Morgan fingerprint density at radius 3 is 2.86 bits per heavy atom. The van der Waals surface area contributed by atoms with Crippen LogP contribution in [0.3, 0.4) is 0 Å². The monoisotopic (exact) mass is 207 g/mol. The highest BCUT2D eigenvalue weighted by Crippen LogP contribution is 2.15. The van der Waals surface area contributed by atoms with Gasteiger partial charge in [0.25, 0.3) is 0 Å². The van der Waals surface area contributed by atoms with Crippen molar-refractivity contribution in [2.45, 2.75) is 39.3 Å². The fourth-order valence-corrected chi connectivity index (χ4v) is 1.99. The van der Waals surface area contributed by atoms with E-state index < -0.39 is 9.04 Å². The van der Waals surface area contributed by atoms with Crippen molar-refractivity contribution < 1.29 is 4.43 Å². The first kappa shape index (κ1) is 11.3. The van der Waals surface area contributed by atoms with Crippen LogP contribution in [0.4, 0.5) is 0 Å². The van der Waals surface area contributed by atoms with E-state index in [0.29, 0.717) is 0 Å². The molecular weight excluding hydrogens is 188 g/mol. The number of hydrogen-bond acceptors (Lipinski definition) is 1. The fraction of sp³-hybridized carbons (Fsp3) is 0.500. The zero-order chi connectivity index (χ0) is 10.4. The van der Waals surface area contributed by atoms with E-state index in [2.05, 4.69) is 38.2 Å². The molecule has 0 N–H and O–H groups in total. The summed E-state index contributed by atoms with van der Waals surface area (Å²) in [7, 11) is -0.976. The Labute approximate surface area is 88.8 Å². The standard InChI is InChI=1S/C12H19OSi/c1-4-5-7-11-8-6-9-12(10-11)13-14(2)3/h6,8,10,14H,4-5,7H2,1-3H3. The van der Waals surface area contributed by atoms with Gasteiger partial charge in [-0.1, -0.05) is 25.5 Å². The van der Waals surface area contributed by atoms with Gasteiger partial charge in [-0.15, -0.1) is 0 Å². The largest absolute Gasteiger partial charge is 0.547 e. The van der Waals surface area contributed by atoms with Crippen LogP contribution >= 0.6 is 0 Å². The van der Waals surface area contributed by atoms with Gasteiger partial charge in [0.15, 0.2) is 0 Å². The highest BCUT2D eigenvalue weighted by Gasteiger charge is 2.00. The van der Waals surface area contributed by atoms with Gasteiger partial charge in [-0.3, -0.25) is 0 Å². The molecular formula is C12H19OSi. The summed E-state index contributed by atoms with van der Waals surface area (Å²) >= 11 is 0. The van der Waals surface area contributed by atoms with Gasteiger partial charge < -0.3 is 4.43 Å². The van der Waals surface area contributed by atoms with Crippen LogP contribution in [-0.2, 0) is 6.42 Å². The molecule has 0 amide bonds. The molecule has 1 aromatic rings. The van der Waals surface area contributed by atoms with Crippen molar-refractivity contribution in [2.75, 3.05) is 0 Å². The maximum absolute atomic E-state index is 5.72. The van der Waals surface area contributed by atoms with E-state index in [0.717, 1.165) is 12.2 Å². The smallest absolute Gasteiger partial charge is 0.229 e. The lowest BCUT2D eigenvalue weighted by atomic mass is 10.1. The van der Waals surface area contributed by atoms with Crippen LogP contribution in [0.2, 0.25) is 13.1 Å². The number of aryl methyl sites for hydroxylation is 1. The summed E-state index contributed by atoms with van der Waals surface area (Å²) in [5.74, 6) is 0.931. The zero-order valence-corrected chi connectivity index (χ0v) is 10.5. The SMILES string of the molecule is CCCCc1cc[c]c(O[SiH](C)C)c1. The molecule has 1 nitrogen and oxygen atoms in total. The van der Waals surface area contributed by atoms with Gasteiger partial charge >= 0.3 is 0 Å². The van der Waals surface area contributed by atoms with Crippen LogP contribution in [0, 0.1) is 6.07 Å². The molecule has 0 unspecified atom stereocenters. The molecule has 1 radical (unpaired) electrons. The zero-order valence-electron chi connectivity index (χ0n) is 9.34. The molecule has 0 bridgehead atoms. The van der Waals surface area contributed by atoms with Crippen molar-refractivity contribution in [2.24, 2.45) is 0 Å². The molecule has 77 valence electrons. The summed E-state index contributed by atoms with van der Waals surface area (Å²) in [6.45, 7) is 6.56. The lowest BCUT2D eigenvalue weighted by molar-refractivity contribution is 0.578. The lowest BCUT2D eigenvalue weighted by Gasteiger charge is -2.09. The second-order valence-corrected chi connectivity index (χ2v) is 6.16. The van der Waals surface area contributed by atoms with E-state index in [9.17, 15) is 0 Å². The molecule has 0 spiro atoms.